The topological polar surface area (TPSA) is 134 Å². The molecule has 2 aromatic rings. The molecule has 0 fully saturated rings. The molecule has 1 heterocycles. The summed E-state index contributed by atoms with van der Waals surface area (Å²) in [4.78, 5) is 22.5. The van der Waals surface area contributed by atoms with Crippen molar-refractivity contribution in [3.05, 3.63) is 34.8 Å². The zero-order chi connectivity index (χ0) is 18.4. The number of anilines is 1. The van der Waals surface area contributed by atoms with Crippen LogP contribution in [0, 0.1) is 0 Å². The van der Waals surface area contributed by atoms with Gasteiger partial charge in [0.1, 0.15) is 10.8 Å². The van der Waals surface area contributed by atoms with E-state index in [1.165, 1.54) is 11.3 Å². The van der Waals surface area contributed by atoms with E-state index >= 15 is 0 Å². The van der Waals surface area contributed by atoms with Crippen LogP contribution in [-0.2, 0) is 11.2 Å². The quantitative estimate of drug-likeness (QED) is 0.576. The van der Waals surface area contributed by atoms with E-state index in [4.69, 9.17) is 9.84 Å². The Morgan fingerprint density at radius 2 is 2.12 bits per heavy atom. The number of nitrogens with one attached hydrogen (secondary N) is 2. The SMILES string of the molecule is COc1cccc(Cc2nnc(NC(=O)NCC(C)(O)C(=O)O)s2)c1. The lowest BCUT2D eigenvalue weighted by molar-refractivity contribution is -0.155. The lowest BCUT2D eigenvalue weighted by Gasteiger charge is -2.17. The second-order valence-corrected chi connectivity index (χ2v) is 6.48. The number of amides is 2. The molecule has 25 heavy (non-hydrogen) atoms. The molecule has 4 N–H and O–H groups in total. The van der Waals surface area contributed by atoms with Gasteiger partial charge in [-0.3, -0.25) is 5.32 Å². The van der Waals surface area contributed by atoms with Crippen LogP contribution in [0.2, 0.25) is 0 Å². The molecule has 2 rings (SSSR count). The van der Waals surface area contributed by atoms with E-state index in [9.17, 15) is 14.7 Å². The first-order valence-corrected chi connectivity index (χ1v) is 8.08. The molecule has 134 valence electrons. The number of aliphatic carboxylic acids is 1. The molecule has 0 radical (unpaired) electrons. The van der Waals surface area contributed by atoms with Crippen LogP contribution < -0.4 is 15.4 Å². The van der Waals surface area contributed by atoms with Crippen molar-refractivity contribution in [1.29, 1.82) is 0 Å². The zero-order valence-electron chi connectivity index (χ0n) is 13.6. The van der Waals surface area contributed by atoms with Crippen molar-refractivity contribution in [2.75, 3.05) is 19.0 Å². The Morgan fingerprint density at radius 3 is 2.80 bits per heavy atom. The highest BCUT2D eigenvalue weighted by Gasteiger charge is 2.30. The number of carboxylic acids is 1. The van der Waals surface area contributed by atoms with Crippen molar-refractivity contribution in [2.24, 2.45) is 0 Å². The number of aliphatic hydroxyl groups is 1. The van der Waals surface area contributed by atoms with Gasteiger partial charge in [0.15, 0.2) is 5.60 Å². The molecule has 0 saturated heterocycles. The monoisotopic (exact) mass is 366 g/mol. The Labute approximate surface area is 147 Å². The van der Waals surface area contributed by atoms with Gasteiger partial charge in [0, 0.05) is 6.42 Å². The third kappa shape index (κ3) is 5.40. The average Bonchev–Trinajstić information content (AvgIpc) is 3.00. The molecule has 1 atom stereocenters. The molecule has 10 heteroatoms. The van der Waals surface area contributed by atoms with E-state index in [-0.39, 0.29) is 5.13 Å². The van der Waals surface area contributed by atoms with Crippen LogP contribution in [0.5, 0.6) is 5.75 Å². The highest BCUT2D eigenvalue weighted by atomic mass is 32.1. The van der Waals surface area contributed by atoms with Gasteiger partial charge in [-0.2, -0.15) is 0 Å². The van der Waals surface area contributed by atoms with Gasteiger partial charge in [-0.25, -0.2) is 9.59 Å². The summed E-state index contributed by atoms with van der Waals surface area (Å²) in [5, 5.41) is 31.9. The average molecular weight is 366 g/mol. The Bertz CT molecular complexity index is 762. The number of hydrogen-bond acceptors (Lipinski definition) is 7. The van der Waals surface area contributed by atoms with Gasteiger partial charge in [0.25, 0.3) is 0 Å². The number of methoxy groups -OCH3 is 1. The van der Waals surface area contributed by atoms with Crippen molar-refractivity contribution in [2.45, 2.75) is 18.9 Å². The predicted octanol–water partition coefficient (Wildman–Crippen LogP) is 1.09. The molecule has 0 bridgehead atoms. The first kappa shape index (κ1) is 18.6. The summed E-state index contributed by atoms with van der Waals surface area (Å²) in [5.74, 6) is -0.686. The summed E-state index contributed by atoms with van der Waals surface area (Å²) in [7, 11) is 1.59. The summed E-state index contributed by atoms with van der Waals surface area (Å²) in [6.07, 6.45) is 0.534. The molecule has 0 saturated carbocycles. The number of carboxylic acid groups (broad SMARTS) is 1. The fourth-order valence-electron chi connectivity index (χ4n) is 1.80. The maximum atomic E-state index is 11.7. The van der Waals surface area contributed by atoms with Gasteiger partial charge in [0.05, 0.1) is 13.7 Å². The highest BCUT2D eigenvalue weighted by Crippen LogP contribution is 2.20. The van der Waals surface area contributed by atoms with Gasteiger partial charge in [-0.05, 0) is 24.6 Å². The van der Waals surface area contributed by atoms with Gasteiger partial charge < -0.3 is 20.3 Å². The number of ether oxygens (including phenoxy) is 1. The zero-order valence-corrected chi connectivity index (χ0v) is 14.5. The van der Waals surface area contributed by atoms with Gasteiger partial charge >= 0.3 is 12.0 Å². The van der Waals surface area contributed by atoms with Crippen molar-refractivity contribution < 1.29 is 24.5 Å². The van der Waals surface area contributed by atoms with E-state index in [2.05, 4.69) is 20.8 Å². The van der Waals surface area contributed by atoms with Crippen molar-refractivity contribution in [3.8, 4) is 5.75 Å². The van der Waals surface area contributed by atoms with E-state index in [0.29, 0.717) is 11.4 Å². The third-order valence-electron chi connectivity index (χ3n) is 3.23. The second-order valence-electron chi connectivity index (χ2n) is 5.42. The number of hydrogen-bond donors (Lipinski definition) is 4. The third-order valence-corrected chi connectivity index (χ3v) is 4.07. The van der Waals surface area contributed by atoms with Crippen LogP contribution in [-0.4, -0.2) is 51.7 Å². The number of rotatable bonds is 7. The number of carbonyl (C=O) groups is 2. The Kier molecular flexibility index (Phi) is 5.88. The highest BCUT2D eigenvalue weighted by molar-refractivity contribution is 7.15. The van der Waals surface area contributed by atoms with Crippen molar-refractivity contribution in [1.82, 2.24) is 15.5 Å². The number of carbonyl (C=O) groups excluding carboxylic acids is 1. The molecule has 0 aliphatic carbocycles. The lowest BCUT2D eigenvalue weighted by Crippen LogP contribution is -2.47. The maximum absolute atomic E-state index is 11.7. The minimum absolute atomic E-state index is 0.269. The fraction of sp³-hybridized carbons (Fsp3) is 0.333. The van der Waals surface area contributed by atoms with E-state index in [1.807, 2.05) is 24.3 Å². The molecule has 0 aliphatic heterocycles. The van der Waals surface area contributed by atoms with Gasteiger partial charge in [-0.15, -0.1) is 10.2 Å². The Balaban J connectivity index is 1.90. The van der Waals surface area contributed by atoms with E-state index < -0.39 is 24.1 Å². The van der Waals surface area contributed by atoms with Crippen LogP contribution in [0.25, 0.3) is 0 Å². The molecule has 1 aromatic heterocycles. The molecule has 1 unspecified atom stereocenters. The van der Waals surface area contributed by atoms with Crippen LogP contribution in [0.1, 0.15) is 17.5 Å². The standard InChI is InChI=1S/C15H18N4O5S/c1-15(23,12(20)21)8-16-13(22)17-14-19-18-11(25-14)7-9-4-3-5-10(6-9)24-2/h3-6,23H,7-8H2,1-2H3,(H,20,21)(H2,16,17,19,22). The summed E-state index contributed by atoms with van der Waals surface area (Å²) in [6.45, 7) is 0.649. The molecular weight excluding hydrogens is 348 g/mol. The summed E-state index contributed by atoms with van der Waals surface area (Å²) in [5.41, 5.74) is -1.06. The summed E-state index contributed by atoms with van der Waals surface area (Å²) < 4.78 is 5.16. The van der Waals surface area contributed by atoms with Gasteiger partial charge in [-0.1, -0.05) is 23.5 Å². The Hall–Kier alpha value is -2.72. The first-order valence-electron chi connectivity index (χ1n) is 7.26. The second kappa shape index (κ2) is 7.90. The predicted molar refractivity (Wildman–Crippen MR) is 91.0 cm³/mol. The maximum Gasteiger partial charge on any atom is 0.337 e. The minimum atomic E-state index is -2.05. The van der Waals surface area contributed by atoms with Crippen molar-refractivity contribution in [3.63, 3.8) is 0 Å². The largest absolute Gasteiger partial charge is 0.497 e. The number of aromatic nitrogens is 2. The smallest absolute Gasteiger partial charge is 0.337 e. The van der Waals surface area contributed by atoms with E-state index in [0.717, 1.165) is 18.2 Å². The molecule has 2 amide bonds. The molecule has 1 aromatic carbocycles. The van der Waals surface area contributed by atoms with Crippen LogP contribution in [0.15, 0.2) is 24.3 Å². The molecule has 9 nitrogen and oxygen atoms in total. The minimum Gasteiger partial charge on any atom is -0.497 e. The first-order chi connectivity index (χ1) is 11.8. The van der Waals surface area contributed by atoms with Crippen molar-refractivity contribution >= 4 is 28.5 Å². The Morgan fingerprint density at radius 1 is 1.36 bits per heavy atom. The number of nitrogens with zero attached hydrogens (tertiary/aromatic N) is 2. The molecule has 0 spiro atoms. The fourth-order valence-corrected chi connectivity index (χ4v) is 2.57. The normalized spacial score (nSPS) is 12.9. The van der Waals surface area contributed by atoms with Gasteiger partial charge in [0.2, 0.25) is 5.13 Å². The number of urea groups is 1. The molecule has 0 aliphatic rings. The summed E-state index contributed by atoms with van der Waals surface area (Å²) in [6, 6.07) is 6.85. The van der Waals surface area contributed by atoms with Crippen LogP contribution >= 0.6 is 11.3 Å². The van der Waals surface area contributed by atoms with Crippen LogP contribution in [0.3, 0.4) is 0 Å². The van der Waals surface area contributed by atoms with E-state index in [1.54, 1.807) is 7.11 Å². The number of benzene rings is 1. The lowest BCUT2D eigenvalue weighted by atomic mass is 10.1. The van der Waals surface area contributed by atoms with Crippen LogP contribution in [0.4, 0.5) is 9.93 Å². The summed E-state index contributed by atoms with van der Waals surface area (Å²) >= 11 is 1.20. The molecular formula is C15H18N4O5S.